The van der Waals surface area contributed by atoms with E-state index in [9.17, 15) is 24.0 Å². The van der Waals surface area contributed by atoms with Crippen LogP contribution in [0.25, 0.3) is 0 Å². The minimum atomic E-state index is -1.01. The molecule has 4 rings (SSSR count). The summed E-state index contributed by atoms with van der Waals surface area (Å²) in [6.45, 7) is 3.89. The summed E-state index contributed by atoms with van der Waals surface area (Å²) in [6, 6.07) is 9.90. The standard InChI is InChI=1S/C25H26FN5O3/c1-15(2)10-21(30(3)22(32)20-11-16(26)8-9-28-20)23(33)31-14-25(12-17(31)13-27)18-6-4-5-7-19(18)29-24(25)34/h4-9,11,15,17,21H,10,12,14H2,1-3H3,(H,29,34)/t17-,21-,25-/m0/s1. The van der Waals surface area contributed by atoms with E-state index in [-0.39, 0.29) is 30.5 Å². The first-order valence-corrected chi connectivity index (χ1v) is 11.2. The van der Waals surface area contributed by atoms with Gasteiger partial charge in [-0.3, -0.25) is 19.4 Å². The first kappa shape index (κ1) is 23.4. The lowest BCUT2D eigenvalue weighted by molar-refractivity contribution is -0.136. The maximum Gasteiger partial charge on any atom is 0.272 e. The Bertz CT molecular complexity index is 1190. The van der Waals surface area contributed by atoms with Gasteiger partial charge in [0.1, 0.15) is 23.6 Å². The molecule has 0 radical (unpaired) electrons. The fourth-order valence-corrected chi connectivity index (χ4v) is 4.89. The lowest BCUT2D eigenvalue weighted by Gasteiger charge is -2.33. The molecule has 1 aromatic carbocycles. The first-order chi connectivity index (χ1) is 16.2. The van der Waals surface area contributed by atoms with Gasteiger partial charge in [-0.05, 0) is 30.0 Å². The zero-order valence-electron chi connectivity index (χ0n) is 19.3. The number of hydrogen-bond acceptors (Lipinski definition) is 5. The fourth-order valence-electron chi connectivity index (χ4n) is 4.89. The Kier molecular flexibility index (Phi) is 6.09. The van der Waals surface area contributed by atoms with Gasteiger partial charge in [-0.15, -0.1) is 0 Å². The highest BCUT2D eigenvalue weighted by molar-refractivity contribution is 6.07. The number of likely N-dealkylation sites (N-methyl/N-ethyl adjacent to an activating group) is 1. The van der Waals surface area contributed by atoms with Crippen LogP contribution in [0.1, 0.15) is 42.7 Å². The van der Waals surface area contributed by atoms with Crippen molar-refractivity contribution in [2.75, 3.05) is 18.9 Å². The molecule has 2 aromatic rings. The SMILES string of the molecule is CC(C)C[C@@H](C(=O)N1C[C@]2(C[C@H]1C#N)C(=O)Nc1ccccc12)N(C)C(=O)c1cc(F)ccn1. The van der Waals surface area contributed by atoms with Crippen LogP contribution in [0.4, 0.5) is 10.1 Å². The van der Waals surface area contributed by atoms with Crippen molar-refractivity contribution < 1.29 is 18.8 Å². The molecule has 1 saturated heterocycles. The van der Waals surface area contributed by atoms with Gasteiger partial charge >= 0.3 is 0 Å². The van der Waals surface area contributed by atoms with Crippen molar-refractivity contribution in [2.24, 2.45) is 5.92 Å². The summed E-state index contributed by atoms with van der Waals surface area (Å²) in [7, 11) is 1.48. The third-order valence-corrected chi connectivity index (χ3v) is 6.62. The number of nitrogens with zero attached hydrogens (tertiary/aromatic N) is 4. The van der Waals surface area contributed by atoms with Crippen LogP contribution in [0.5, 0.6) is 0 Å². The number of pyridine rings is 1. The maximum atomic E-state index is 13.8. The number of rotatable bonds is 5. The van der Waals surface area contributed by atoms with Crippen LogP contribution in [0.3, 0.4) is 0 Å². The van der Waals surface area contributed by atoms with Gasteiger partial charge in [0.25, 0.3) is 5.91 Å². The summed E-state index contributed by atoms with van der Waals surface area (Å²) in [4.78, 5) is 46.5. The predicted molar refractivity (Wildman–Crippen MR) is 122 cm³/mol. The number of fused-ring (bicyclic) bond motifs is 2. The van der Waals surface area contributed by atoms with E-state index in [0.717, 1.165) is 17.7 Å². The summed E-state index contributed by atoms with van der Waals surface area (Å²) in [6.07, 6.45) is 1.71. The van der Waals surface area contributed by atoms with Gasteiger partial charge in [-0.1, -0.05) is 32.0 Å². The van der Waals surface area contributed by atoms with Crippen LogP contribution in [0, 0.1) is 23.1 Å². The van der Waals surface area contributed by atoms with Crippen molar-refractivity contribution in [1.29, 1.82) is 5.26 Å². The fraction of sp³-hybridized carbons (Fsp3) is 0.400. The monoisotopic (exact) mass is 463 g/mol. The molecule has 1 aromatic heterocycles. The molecular weight excluding hydrogens is 437 g/mol. The highest BCUT2D eigenvalue weighted by Crippen LogP contribution is 2.46. The zero-order chi connectivity index (χ0) is 24.6. The molecule has 0 aliphatic carbocycles. The molecule has 0 bridgehead atoms. The molecule has 1 fully saturated rings. The summed E-state index contributed by atoms with van der Waals surface area (Å²) in [5.41, 5.74) is 0.329. The van der Waals surface area contributed by atoms with Gasteiger partial charge in [0.15, 0.2) is 0 Å². The molecule has 9 heteroatoms. The van der Waals surface area contributed by atoms with Crippen LogP contribution in [0.2, 0.25) is 0 Å². The van der Waals surface area contributed by atoms with Gasteiger partial charge < -0.3 is 15.1 Å². The normalized spacial score (nSPS) is 21.8. The van der Waals surface area contributed by atoms with Crippen molar-refractivity contribution in [3.05, 3.63) is 59.7 Å². The topological polar surface area (TPSA) is 106 Å². The lowest BCUT2D eigenvalue weighted by atomic mass is 9.80. The third kappa shape index (κ3) is 3.89. The second-order valence-electron chi connectivity index (χ2n) is 9.32. The van der Waals surface area contributed by atoms with Gasteiger partial charge in [0, 0.05) is 38.0 Å². The molecule has 176 valence electrons. The second kappa shape index (κ2) is 8.86. The maximum absolute atomic E-state index is 13.8. The number of anilines is 1. The molecule has 1 spiro atoms. The molecule has 0 unspecified atom stereocenters. The zero-order valence-corrected chi connectivity index (χ0v) is 19.3. The van der Waals surface area contributed by atoms with Crippen molar-refractivity contribution >= 4 is 23.4 Å². The lowest BCUT2D eigenvalue weighted by Crippen LogP contribution is -2.52. The van der Waals surface area contributed by atoms with E-state index in [0.29, 0.717) is 12.1 Å². The highest BCUT2D eigenvalue weighted by Gasteiger charge is 2.56. The number of nitriles is 1. The molecule has 2 aliphatic heterocycles. The smallest absolute Gasteiger partial charge is 0.272 e. The van der Waals surface area contributed by atoms with Crippen LogP contribution in [0.15, 0.2) is 42.6 Å². The van der Waals surface area contributed by atoms with E-state index in [1.807, 2.05) is 32.0 Å². The summed E-state index contributed by atoms with van der Waals surface area (Å²) in [5.74, 6) is -1.79. The number of likely N-dealkylation sites (tertiary alicyclic amines) is 1. The van der Waals surface area contributed by atoms with Crippen LogP contribution in [-0.4, -0.2) is 58.2 Å². The average molecular weight is 464 g/mol. The number of carbonyl (C=O) groups excluding carboxylic acids is 3. The molecular formula is C25H26FN5O3. The minimum absolute atomic E-state index is 0.0434. The Labute approximate surface area is 197 Å². The number of aromatic nitrogens is 1. The summed E-state index contributed by atoms with van der Waals surface area (Å²) < 4.78 is 13.7. The van der Waals surface area contributed by atoms with Crippen LogP contribution in [-0.2, 0) is 15.0 Å². The number of amides is 3. The molecule has 3 heterocycles. The molecule has 3 amide bonds. The van der Waals surface area contributed by atoms with E-state index in [1.54, 1.807) is 6.07 Å². The van der Waals surface area contributed by atoms with E-state index >= 15 is 0 Å². The third-order valence-electron chi connectivity index (χ3n) is 6.62. The van der Waals surface area contributed by atoms with Crippen LogP contribution < -0.4 is 5.32 Å². The molecule has 8 nitrogen and oxygen atoms in total. The minimum Gasteiger partial charge on any atom is -0.328 e. The van der Waals surface area contributed by atoms with E-state index in [1.165, 1.54) is 23.0 Å². The van der Waals surface area contributed by atoms with E-state index < -0.39 is 35.1 Å². The van der Waals surface area contributed by atoms with Gasteiger partial charge in [-0.25, -0.2) is 4.39 Å². The van der Waals surface area contributed by atoms with Crippen molar-refractivity contribution in [1.82, 2.24) is 14.8 Å². The number of halogens is 1. The molecule has 2 aliphatic rings. The Balaban J connectivity index is 1.66. The number of benzene rings is 1. The number of nitrogens with one attached hydrogen (secondary N) is 1. The molecule has 34 heavy (non-hydrogen) atoms. The van der Waals surface area contributed by atoms with Gasteiger partial charge in [-0.2, -0.15) is 5.26 Å². The Hall–Kier alpha value is -3.80. The quantitative estimate of drug-likeness (QED) is 0.734. The Morgan fingerprint density at radius 1 is 1.35 bits per heavy atom. The van der Waals surface area contributed by atoms with Crippen LogP contribution >= 0.6 is 0 Å². The Morgan fingerprint density at radius 3 is 2.76 bits per heavy atom. The summed E-state index contributed by atoms with van der Waals surface area (Å²) in [5, 5.41) is 12.7. The molecule has 1 N–H and O–H groups in total. The number of carbonyl (C=O) groups is 3. The van der Waals surface area contributed by atoms with Gasteiger partial charge in [0.2, 0.25) is 11.8 Å². The predicted octanol–water partition coefficient (Wildman–Crippen LogP) is 2.72. The van der Waals surface area contributed by atoms with Crippen molar-refractivity contribution in [3.63, 3.8) is 0 Å². The molecule has 3 atom stereocenters. The summed E-state index contributed by atoms with van der Waals surface area (Å²) >= 11 is 0. The average Bonchev–Trinajstić information content (AvgIpc) is 3.34. The van der Waals surface area contributed by atoms with E-state index in [4.69, 9.17) is 0 Å². The number of para-hydroxylation sites is 1. The van der Waals surface area contributed by atoms with Crippen molar-refractivity contribution in [3.8, 4) is 6.07 Å². The largest absolute Gasteiger partial charge is 0.328 e. The first-order valence-electron chi connectivity index (χ1n) is 11.2. The van der Waals surface area contributed by atoms with Gasteiger partial charge in [0.05, 0.1) is 11.5 Å². The van der Waals surface area contributed by atoms with Crippen molar-refractivity contribution in [2.45, 2.75) is 44.2 Å². The second-order valence-corrected chi connectivity index (χ2v) is 9.32. The van der Waals surface area contributed by atoms with E-state index in [2.05, 4.69) is 16.4 Å². The number of hydrogen-bond donors (Lipinski definition) is 1. The molecule has 0 saturated carbocycles. The Morgan fingerprint density at radius 2 is 2.09 bits per heavy atom. The highest BCUT2D eigenvalue weighted by atomic mass is 19.1.